The lowest BCUT2D eigenvalue weighted by Crippen LogP contribution is -2.36. The fourth-order valence-corrected chi connectivity index (χ4v) is 2.15. The molecule has 0 radical (unpaired) electrons. The summed E-state index contributed by atoms with van der Waals surface area (Å²) in [4.78, 5) is 3.14. The van der Waals surface area contributed by atoms with E-state index in [0.29, 0.717) is 6.42 Å². The highest BCUT2D eigenvalue weighted by atomic mass is 19.4. The average molecular weight is 270 g/mol. The summed E-state index contributed by atoms with van der Waals surface area (Å²) in [5.74, 6) is 0. The van der Waals surface area contributed by atoms with Crippen LogP contribution in [0.4, 0.5) is 13.2 Å². The number of alkyl halides is 3. The number of fused-ring (bicyclic) bond motifs is 1. The molecular formula is C14H17F3N2. The normalized spacial score (nSPS) is 13.9. The first-order chi connectivity index (χ1) is 8.85. The van der Waals surface area contributed by atoms with E-state index in [9.17, 15) is 13.2 Å². The number of nitrogens with one attached hydrogen (secondary N) is 2. The molecule has 0 bridgehead atoms. The highest BCUT2D eigenvalue weighted by molar-refractivity contribution is 5.83. The Morgan fingerprint density at radius 3 is 2.74 bits per heavy atom. The summed E-state index contributed by atoms with van der Waals surface area (Å²) in [6.07, 6.45) is -1.72. The van der Waals surface area contributed by atoms with Crippen molar-refractivity contribution in [3.8, 4) is 0 Å². The third-order valence-electron chi connectivity index (χ3n) is 3.10. The standard InChI is InChI=1S/C14H17F3N2/c1-9-3-4-13-12(5-9)11(7-18-13)6-10(2)19-8-14(15,16)17/h3-5,7,10,18-19H,6,8H2,1-2H3. The van der Waals surface area contributed by atoms with Gasteiger partial charge in [-0.25, -0.2) is 0 Å². The Kier molecular flexibility index (Phi) is 3.85. The largest absolute Gasteiger partial charge is 0.401 e. The van der Waals surface area contributed by atoms with E-state index < -0.39 is 12.7 Å². The van der Waals surface area contributed by atoms with Crippen LogP contribution >= 0.6 is 0 Å². The van der Waals surface area contributed by atoms with Crippen LogP contribution in [-0.4, -0.2) is 23.7 Å². The van der Waals surface area contributed by atoms with Crippen LogP contribution in [-0.2, 0) is 6.42 Å². The van der Waals surface area contributed by atoms with Gasteiger partial charge in [0.15, 0.2) is 0 Å². The van der Waals surface area contributed by atoms with E-state index in [0.717, 1.165) is 22.0 Å². The topological polar surface area (TPSA) is 27.8 Å². The van der Waals surface area contributed by atoms with Crippen molar-refractivity contribution in [2.24, 2.45) is 0 Å². The zero-order valence-corrected chi connectivity index (χ0v) is 10.9. The summed E-state index contributed by atoms with van der Waals surface area (Å²) >= 11 is 0. The van der Waals surface area contributed by atoms with Crippen LogP contribution in [0.5, 0.6) is 0 Å². The minimum absolute atomic E-state index is 0.221. The molecule has 2 N–H and O–H groups in total. The molecule has 1 atom stereocenters. The summed E-state index contributed by atoms with van der Waals surface area (Å²) in [6, 6.07) is 5.83. The molecule has 5 heteroatoms. The van der Waals surface area contributed by atoms with Gasteiger partial charge in [-0.15, -0.1) is 0 Å². The molecule has 0 aliphatic rings. The van der Waals surface area contributed by atoms with Crippen molar-refractivity contribution in [2.75, 3.05) is 6.54 Å². The van der Waals surface area contributed by atoms with E-state index in [2.05, 4.69) is 16.4 Å². The van der Waals surface area contributed by atoms with Gasteiger partial charge in [-0.05, 0) is 38.0 Å². The molecule has 19 heavy (non-hydrogen) atoms. The lowest BCUT2D eigenvalue weighted by Gasteiger charge is -2.15. The van der Waals surface area contributed by atoms with Gasteiger partial charge in [0.1, 0.15) is 0 Å². The molecule has 0 aliphatic carbocycles. The highest BCUT2D eigenvalue weighted by Gasteiger charge is 2.27. The number of hydrogen-bond acceptors (Lipinski definition) is 1. The molecule has 1 aromatic carbocycles. The summed E-state index contributed by atoms with van der Waals surface area (Å²) in [5, 5.41) is 3.59. The van der Waals surface area contributed by atoms with E-state index in [1.54, 1.807) is 6.92 Å². The molecular weight excluding hydrogens is 253 g/mol. The quantitative estimate of drug-likeness (QED) is 0.873. The van der Waals surface area contributed by atoms with Gasteiger partial charge in [-0.2, -0.15) is 13.2 Å². The lowest BCUT2D eigenvalue weighted by atomic mass is 10.0. The summed E-state index contributed by atoms with van der Waals surface area (Å²) in [5.41, 5.74) is 3.20. The maximum absolute atomic E-state index is 12.1. The molecule has 2 nitrogen and oxygen atoms in total. The van der Waals surface area contributed by atoms with E-state index in [4.69, 9.17) is 0 Å². The third kappa shape index (κ3) is 3.73. The Bertz CT molecular complexity index is 557. The monoisotopic (exact) mass is 270 g/mol. The van der Waals surface area contributed by atoms with Crippen molar-refractivity contribution in [1.82, 2.24) is 10.3 Å². The lowest BCUT2D eigenvalue weighted by molar-refractivity contribution is -0.126. The predicted octanol–water partition coefficient (Wildman–Crippen LogP) is 3.56. The van der Waals surface area contributed by atoms with E-state index in [1.165, 1.54) is 0 Å². The van der Waals surface area contributed by atoms with Crippen LogP contribution in [0, 0.1) is 6.92 Å². The van der Waals surface area contributed by atoms with E-state index in [-0.39, 0.29) is 6.04 Å². The van der Waals surface area contributed by atoms with Crippen molar-refractivity contribution in [3.63, 3.8) is 0 Å². The first-order valence-electron chi connectivity index (χ1n) is 6.22. The van der Waals surface area contributed by atoms with Gasteiger partial charge in [-0.3, -0.25) is 0 Å². The van der Waals surface area contributed by atoms with Crippen molar-refractivity contribution in [1.29, 1.82) is 0 Å². The molecule has 1 heterocycles. The maximum Gasteiger partial charge on any atom is 0.401 e. The molecule has 0 spiro atoms. The van der Waals surface area contributed by atoms with Crippen LogP contribution in [0.3, 0.4) is 0 Å². The SMILES string of the molecule is Cc1ccc2[nH]cc(CC(C)NCC(F)(F)F)c2c1. The molecule has 1 aromatic heterocycles. The van der Waals surface area contributed by atoms with Gasteiger partial charge in [0.05, 0.1) is 6.54 Å². The molecule has 104 valence electrons. The van der Waals surface area contributed by atoms with Crippen molar-refractivity contribution < 1.29 is 13.2 Å². The average Bonchev–Trinajstić information content (AvgIpc) is 2.68. The van der Waals surface area contributed by atoms with Gasteiger partial charge in [0.2, 0.25) is 0 Å². The van der Waals surface area contributed by atoms with Crippen LogP contribution < -0.4 is 5.32 Å². The Labute approximate surface area is 110 Å². The van der Waals surface area contributed by atoms with Gasteiger partial charge < -0.3 is 10.3 Å². The van der Waals surface area contributed by atoms with Crippen LogP contribution in [0.15, 0.2) is 24.4 Å². The second-order valence-electron chi connectivity index (χ2n) is 4.96. The third-order valence-corrected chi connectivity index (χ3v) is 3.10. The number of aryl methyl sites for hydroxylation is 1. The smallest absolute Gasteiger partial charge is 0.361 e. The molecule has 1 unspecified atom stereocenters. The second kappa shape index (κ2) is 5.25. The molecule has 0 saturated carbocycles. The summed E-state index contributed by atoms with van der Waals surface area (Å²) in [7, 11) is 0. The van der Waals surface area contributed by atoms with Gasteiger partial charge in [-0.1, -0.05) is 11.6 Å². The summed E-state index contributed by atoms with van der Waals surface area (Å²) in [6.45, 7) is 2.82. The predicted molar refractivity (Wildman–Crippen MR) is 70.3 cm³/mol. The molecule has 0 saturated heterocycles. The second-order valence-corrected chi connectivity index (χ2v) is 4.96. The molecule has 0 aliphatic heterocycles. The van der Waals surface area contributed by atoms with Crippen molar-refractivity contribution in [3.05, 3.63) is 35.5 Å². The molecule has 0 amide bonds. The van der Waals surface area contributed by atoms with Crippen LogP contribution in [0.2, 0.25) is 0 Å². The molecule has 2 rings (SSSR count). The number of H-pyrrole nitrogens is 1. The Balaban J connectivity index is 2.06. The number of halogens is 3. The van der Waals surface area contributed by atoms with Gasteiger partial charge in [0.25, 0.3) is 0 Å². The van der Waals surface area contributed by atoms with E-state index in [1.807, 2.05) is 25.3 Å². The fourth-order valence-electron chi connectivity index (χ4n) is 2.15. The van der Waals surface area contributed by atoms with Gasteiger partial charge in [0, 0.05) is 23.1 Å². The summed E-state index contributed by atoms with van der Waals surface area (Å²) < 4.78 is 36.4. The zero-order chi connectivity index (χ0) is 14.0. The van der Waals surface area contributed by atoms with Crippen LogP contribution in [0.25, 0.3) is 10.9 Å². The minimum atomic E-state index is -4.16. The molecule has 2 aromatic rings. The molecule has 0 fully saturated rings. The van der Waals surface area contributed by atoms with E-state index >= 15 is 0 Å². The number of hydrogen-bond donors (Lipinski definition) is 2. The fraction of sp³-hybridized carbons (Fsp3) is 0.429. The Morgan fingerprint density at radius 1 is 1.32 bits per heavy atom. The van der Waals surface area contributed by atoms with Gasteiger partial charge >= 0.3 is 6.18 Å². The Hall–Kier alpha value is -1.49. The first kappa shape index (κ1) is 13.9. The van der Waals surface area contributed by atoms with Crippen LogP contribution in [0.1, 0.15) is 18.1 Å². The number of rotatable bonds is 4. The first-order valence-corrected chi connectivity index (χ1v) is 6.22. The number of aromatic nitrogens is 1. The number of aromatic amines is 1. The van der Waals surface area contributed by atoms with Crippen molar-refractivity contribution in [2.45, 2.75) is 32.5 Å². The maximum atomic E-state index is 12.1. The highest BCUT2D eigenvalue weighted by Crippen LogP contribution is 2.21. The Morgan fingerprint density at radius 2 is 2.05 bits per heavy atom. The number of benzene rings is 1. The van der Waals surface area contributed by atoms with Crippen molar-refractivity contribution >= 4 is 10.9 Å². The minimum Gasteiger partial charge on any atom is -0.361 e. The zero-order valence-electron chi connectivity index (χ0n) is 10.9.